The van der Waals surface area contributed by atoms with E-state index >= 15 is 0 Å². The molecule has 4 rings (SSSR count). The average Bonchev–Trinajstić information content (AvgIpc) is 2.95. The smallest absolute Gasteiger partial charge is 0.259 e. The van der Waals surface area contributed by atoms with Crippen LogP contribution in [-0.2, 0) is 4.79 Å². The maximum absolute atomic E-state index is 13.1. The van der Waals surface area contributed by atoms with Gasteiger partial charge in [0.1, 0.15) is 11.5 Å². The Bertz CT molecular complexity index is 812. The highest BCUT2D eigenvalue weighted by Gasteiger charge is 2.44. The van der Waals surface area contributed by atoms with Crippen LogP contribution in [0.4, 0.5) is 5.69 Å². The van der Waals surface area contributed by atoms with E-state index in [2.05, 4.69) is 0 Å². The van der Waals surface area contributed by atoms with Crippen molar-refractivity contribution < 1.29 is 14.3 Å². The van der Waals surface area contributed by atoms with Crippen LogP contribution < -0.4 is 9.64 Å². The van der Waals surface area contributed by atoms with Crippen LogP contribution in [-0.4, -0.2) is 18.8 Å². The van der Waals surface area contributed by atoms with Crippen LogP contribution in [0, 0.1) is 5.92 Å². The number of carbonyl (C=O) groups excluding carboxylic acids is 2. The van der Waals surface area contributed by atoms with Gasteiger partial charge in [-0.05, 0) is 48.7 Å². The Morgan fingerprint density at radius 3 is 2.48 bits per heavy atom. The van der Waals surface area contributed by atoms with Crippen molar-refractivity contribution >= 4 is 17.4 Å². The first-order valence-electron chi connectivity index (χ1n) is 8.80. The number of rotatable bonds is 3. The molecule has 1 heterocycles. The minimum absolute atomic E-state index is 0.0239. The Morgan fingerprint density at radius 2 is 1.76 bits per heavy atom. The first-order valence-corrected chi connectivity index (χ1v) is 8.80. The molecule has 2 aliphatic rings. The van der Waals surface area contributed by atoms with E-state index in [1.165, 1.54) is 0 Å². The van der Waals surface area contributed by atoms with Gasteiger partial charge in [0.15, 0.2) is 0 Å². The third-order valence-corrected chi connectivity index (χ3v) is 5.34. The van der Waals surface area contributed by atoms with E-state index in [4.69, 9.17) is 4.74 Å². The van der Waals surface area contributed by atoms with Crippen molar-refractivity contribution in [3.63, 3.8) is 0 Å². The summed E-state index contributed by atoms with van der Waals surface area (Å²) in [6.07, 6.45) is 3.46. The van der Waals surface area contributed by atoms with E-state index in [0.29, 0.717) is 12.0 Å². The Balaban J connectivity index is 1.80. The van der Waals surface area contributed by atoms with Crippen LogP contribution >= 0.6 is 0 Å². The monoisotopic (exact) mass is 335 g/mol. The highest BCUT2D eigenvalue weighted by molar-refractivity contribution is 6.11. The molecule has 0 bridgehead atoms. The number of methoxy groups -OCH3 is 1. The molecule has 1 aliphatic carbocycles. The summed E-state index contributed by atoms with van der Waals surface area (Å²) in [6.45, 7) is 0. The second kappa shape index (κ2) is 6.36. The van der Waals surface area contributed by atoms with Gasteiger partial charge in [-0.3, -0.25) is 9.59 Å². The predicted molar refractivity (Wildman–Crippen MR) is 96.0 cm³/mol. The van der Waals surface area contributed by atoms with Crippen LogP contribution in [0.15, 0.2) is 48.5 Å². The van der Waals surface area contributed by atoms with Gasteiger partial charge < -0.3 is 9.64 Å². The summed E-state index contributed by atoms with van der Waals surface area (Å²) in [6, 6.07) is 15.0. The van der Waals surface area contributed by atoms with Crippen LogP contribution in [0.2, 0.25) is 0 Å². The highest BCUT2D eigenvalue weighted by Crippen LogP contribution is 2.45. The van der Waals surface area contributed by atoms with Crippen molar-refractivity contribution in [1.82, 2.24) is 0 Å². The minimum Gasteiger partial charge on any atom is -0.497 e. The molecule has 4 nitrogen and oxygen atoms in total. The quantitative estimate of drug-likeness (QED) is 0.846. The zero-order valence-electron chi connectivity index (χ0n) is 14.3. The number of anilines is 1. The van der Waals surface area contributed by atoms with Crippen molar-refractivity contribution in [3.8, 4) is 5.75 Å². The number of ether oxygens (including phenoxy) is 1. The highest BCUT2D eigenvalue weighted by atomic mass is 16.5. The van der Waals surface area contributed by atoms with Crippen LogP contribution in [0.5, 0.6) is 5.75 Å². The lowest BCUT2D eigenvalue weighted by Gasteiger charge is -2.33. The second-order valence-corrected chi connectivity index (χ2v) is 6.72. The van der Waals surface area contributed by atoms with E-state index in [9.17, 15) is 9.59 Å². The standard InChI is InChI=1S/C21H21NO3/c1-25-15-12-10-14(11-13-15)22-20(18-8-4-5-9-19(18)23)16-6-2-3-7-17(16)21(22)24/h2-3,6-7,10-13,18,20H,4-5,8-9H2,1H3. The van der Waals surface area contributed by atoms with Crippen molar-refractivity contribution in [3.05, 3.63) is 59.7 Å². The molecule has 25 heavy (non-hydrogen) atoms. The fraction of sp³-hybridized carbons (Fsp3) is 0.333. The molecule has 2 aromatic carbocycles. The molecule has 0 radical (unpaired) electrons. The summed E-state index contributed by atoms with van der Waals surface area (Å²) < 4.78 is 5.22. The summed E-state index contributed by atoms with van der Waals surface area (Å²) in [5, 5.41) is 0. The van der Waals surface area contributed by atoms with Crippen molar-refractivity contribution in [2.24, 2.45) is 5.92 Å². The fourth-order valence-electron chi connectivity index (χ4n) is 4.11. The number of nitrogens with zero attached hydrogens (tertiary/aromatic N) is 1. The fourth-order valence-corrected chi connectivity index (χ4v) is 4.11. The Morgan fingerprint density at radius 1 is 1.00 bits per heavy atom. The van der Waals surface area contributed by atoms with Crippen LogP contribution in [0.1, 0.15) is 47.6 Å². The van der Waals surface area contributed by atoms with E-state index in [1.54, 1.807) is 12.0 Å². The number of ketones is 1. The van der Waals surface area contributed by atoms with E-state index in [1.807, 2.05) is 48.5 Å². The molecular formula is C21H21NO3. The summed E-state index contributed by atoms with van der Waals surface area (Å²) in [5.74, 6) is 0.880. The van der Waals surface area contributed by atoms with Crippen molar-refractivity contribution in [2.45, 2.75) is 31.7 Å². The molecule has 1 saturated carbocycles. The van der Waals surface area contributed by atoms with E-state index < -0.39 is 0 Å². The molecule has 1 amide bonds. The van der Waals surface area contributed by atoms with Gasteiger partial charge in [0.25, 0.3) is 5.91 Å². The number of hydrogen-bond donors (Lipinski definition) is 0. The van der Waals surface area contributed by atoms with Gasteiger partial charge in [0.2, 0.25) is 0 Å². The molecule has 0 N–H and O–H groups in total. The first-order chi connectivity index (χ1) is 12.2. The molecule has 0 aromatic heterocycles. The summed E-state index contributed by atoms with van der Waals surface area (Å²) in [7, 11) is 1.62. The van der Waals surface area contributed by atoms with Gasteiger partial charge in [-0.1, -0.05) is 24.6 Å². The lowest BCUT2D eigenvalue weighted by atomic mass is 9.80. The topological polar surface area (TPSA) is 46.6 Å². The molecule has 128 valence electrons. The van der Waals surface area contributed by atoms with Crippen molar-refractivity contribution in [1.29, 1.82) is 0 Å². The number of hydrogen-bond acceptors (Lipinski definition) is 3. The van der Waals surface area contributed by atoms with Gasteiger partial charge in [0, 0.05) is 23.6 Å². The molecule has 1 aliphatic heterocycles. The molecular weight excluding hydrogens is 314 g/mol. The molecule has 4 heteroatoms. The number of Topliss-reactive ketones (excluding diaryl/α,β-unsaturated/α-hetero) is 1. The van der Waals surface area contributed by atoms with Crippen molar-refractivity contribution in [2.75, 3.05) is 12.0 Å². The van der Waals surface area contributed by atoms with E-state index in [-0.39, 0.29) is 23.7 Å². The molecule has 2 unspecified atom stereocenters. The first kappa shape index (κ1) is 15.9. The lowest BCUT2D eigenvalue weighted by molar-refractivity contribution is -0.125. The van der Waals surface area contributed by atoms with E-state index in [0.717, 1.165) is 36.3 Å². The summed E-state index contributed by atoms with van der Waals surface area (Å²) in [5.41, 5.74) is 2.50. The average molecular weight is 335 g/mol. The zero-order chi connectivity index (χ0) is 17.4. The SMILES string of the molecule is COc1ccc(N2C(=O)c3ccccc3C2C2CCCCC2=O)cc1. The maximum Gasteiger partial charge on any atom is 0.259 e. The molecule has 0 spiro atoms. The van der Waals surface area contributed by atoms with Gasteiger partial charge in [0.05, 0.1) is 13.2 Å². The number of fused-ring (bicyclic) bond motifs is 1. The third kappa shape index (κ3) is 2.62. The Hall–Kier alpha value is -2.62. The number of carbonyl (C=O) groups is 2. The van der Waals surface area contributed by atoms with Gasteiger partial charge >= 0.3 is 0 Å². The van der Waals surface area contributed by atoms with Gasteiger partial charge in [-0.15, -0.1) is 0 Å². The number of amides is 1. The van der Waals surface area contributed by atoms with Crippen LogP contribution in [0.3, 0.4) is 0 Å². The molecule has 0 saturated heterocycles. The lowest BCUT2D eigenvalue weighted by Crippen LogP contribution is -2.37. The second-order valence-electron chi connectivity index (χ2n) is 6.72. The minimum atomic E-state index is -0.204. The zero-order valence-corrected chi connectivity index (χ0v) is 14.3. The van der Waals surface area contributed by atoms with Gasteiger partial charge in [-0.2, -0.15) is 0 Å². The molecule has 2 atom stereocenters. The van der Waals surface area contributed by atoms with Crippen LogP contribution in [0.25, 0.3) is 0 Å². The number of benzene rings is 2. The Labute approximate surface area is 147 Å². The summed E-state index contributed by atoms with van der Waals surface area (Å²) >= 11 is 0. The largest absolute Gasteiger partial charge is 0.497 e. The Kier molecular flexibility index (Phi) is 4.04. The normalized spacial score (nSPS) is 22.8. The molecule has 1 fully saturated rings. The van der Waals surface area contributed by atoms with Gasteiger partial charge in [-0.25, -0.2) is 0 Å². The predicted octanol–water partition coefficient (Wildman–Crippen LogP) is 4.16. The molecule has 2 aromatic rings. The summed E-state index contributed by atoms with van der Waals surface area (Å²) in [4.78, 5) is 27.5. The third-order valence-electron chi connectivity index (χ3n) is 5.34. The maximum atomic E-state index is 13.1.